The normalized spacial score (nSPS) is 11.3. The molecule has 0 saturated heterocycles. The quantitative estimate of drug-likeness (QED) is 0.445. The molecule has 0 amide bonds. The molecule has 0 bridgehead atoms. The van der Waals surface area contributed by atoms with Gasteiger partial charge in [-0.15, -0.1) is 0 Å². The van der Waals surface area contributed by atoms with Gasteiger partial charge in [-0.05, 0) is 45.3 Å². The van der Waals surface area contributed by atoms with Crippen molar-refractivity contribution in [1.29, 1.82) is 0 Å². The second kappa shape index (κ2) is 3.30. The molecule has 3 aromatic rings. The summed E-state index contributed by atoms with van der Waals surface area (Å²) in [7, 11) is 0. The second-order valence-corrected chi connectivity index (χ2v) is 4.59. The van der Waals surface area contributed by atoms with Gasteiger partial charge in [0.05, 0.1) is 5.52 Å². The molecule has 2 nitrogen and oxygen atoms in total. The minimum atomic E-state index is 0.182. The van der Waals surface area contributed by atoms with E-state index in [4.69, 9.17) is 23.2 Å². The fraction of sp³-hybridized carbons (Fsp3) is 0. The zero-order valence-electron chi connectivity index (χ0n) is 7.37. The lowest BCUT2D eigenvalue weighted by molar-refractivity contribution is 1.22. The zero-order valence-corrected chi connectivity index (χ0v) is 9.70. The van der Waals surface area contributed by atoms with Gasteiger partial charge in [0.25, 0.3) is 0 Å². The van der Waals surface area contributed by atoms with Crippen LogP contribution in [0.4, 0.5) is 0 Å². The molecular weight excluding hydrogens is 251 g/mol. The molecule has 0 aliphatic rings. The number of hydrogen-bond donors (Lipinski definition) is 0. The average Bonchev–Trinajstić information content (AvgIpc) is 2.61. The van der Waals surface area contributed by atoms with Crippen molar-refractivity contribution < 1.29 is 0 Å². The highest BCUT2D eigenvalue weighted by Gasteiger charge is 2.06. The van der Waals surface area contributed by atoms with E-state index in [1.807, 2.05) is 12.1 Å². The summed E-state index contributed by atoms with van der Waals surface area (Å²) in [5, 5.41) is 7.86. The molecular formula is C10H4Cl2N2S. The topological polar surface area (TPSA) is 25.8 Å². The highest BCUT2D eigenvalue weighted by molar-refractivity contribution is 7.09. The van der Waals surface area contributed by atoms with Gasteiger partial charge in [0.1, 0.15) is 5.15 Å². The highest BCUT2D eigenvalue weighted by atomic mass is 35.5. The van der Waals surface area contributed by atoms with Crippen molar-refractivity contribution in [2.45, 2.75) is 0 Å². The molecule has 0 atom stereocenters. The van der Waals surface area contributed by atoms with Gasteiger partial charge in [-0.3, -0.25) is 0 Å². The molecule has 0 radical (unpaired) electrons. The molecule has 5 heteroatoms. The van der Waals surface area contributed by atoms with E-state index >= 15 is 0 Å². The number of aromatic nitrogens is 2. The summed E-state index contributed by atoms with van der Waals surface area (Å²) >= 11 is 13.4. The standard InChI is InChI=1S/C10H4Cl2N2S/c11-9-7-1-5-3-15-4-6(5)2-8(7)13-10(12)14-9/h1-4H. The summed E-state index contributed by atoms with van der Waals surface area (Å²) in [6.45, 7) is 0. The van der Waals surface area contributed by atoms with E-state index in [1.54, 1.807) is 11.3 Å². The van der Waals surface area contributed by atoms with E-state index in [-0.39, 0.29) is 5.28 Å². The Hall–Kier alpha value is -0.900. The Kier molecular flexibility index (Phi) is 2.06. The summed E-state index contributed by atoms with van der Waals surface area (Å²) in [6, 6.07) is 3.96. The maximum Gasteiger partial charge on any atom is 0.224 e. The Morgan fingerprint density at radius 3 is 2.53 bits per heavy atom. The van der Waals surface area contributed by atoms with E-state index in [0.717, 1.165) is 21.7 Å². The van der Waals surface area contributed by atoms with Crippen LogP contribution in [0.25, 0.3) is 21.7 Å². The van der Waals surface area contributed by atoms with Gasteiger partial charge in [0.2, 0.25) is 5.28 Å². The van der Waals surface area contributed by atoms with Crippen LogP contribution in [0.2, 0.25) is 10.4 Å². The van der Waals surface area contributed by atoms with Crippen molar-refractivity contribution >= 4 is 56.2 Å². The third-order valence-corrected chi connectivity index (χ3v) is 3.45. The van der Waals surface area contributed by atoms with Crippen LogP contribution in [-0.4, -0.2) is 9.97 Å². The van der Waals surface area contributed by atoms with Crippen LogP contribution < -0.4 is 0 Å². The van der Waals surface area contributed by atoms with Crippen LogP contribution in [0.15, 0.2) is 22.9 Å². The van der Waals surface area contributed by atoms with Crippen LogP contribution in [0.5, 0.6) is 0 Å². The van der Waals surface area contributed by atoms with Crippen molar-refractivity contribution in [2.24, 2.45) is 0 Å². The fourth-order valence-corrected chi connectivity index (χ4v) is 2.75. The van der Waals surface area contributed by atoms with E-state index in [1.165, 1.54) is 0 Å². The van der Waals surface area contributed by atoms with Gasteiger partial charge in [0.15, 0.2) is 0 Å². The first-order valence-electron chi connectivity index (χ1n) is 4.23. The third kappa shape index (κ3) is 1.47. The predicted octanol–water partition coefficient (Wildman–Crippen LogP) is 4.15. The lowest BCUT2D eigenvalue weighted by Crippen LogP contribution is -1.86. The SMILES string of the molecule is Clc1nc(Cl)c2cc3cscc3cc2n1. The fourth-order valence-electron chi connectivity index (χ4n) is 1.53. The Bertz CT molecular complexity index is 663. The van der Waals surface area contributed by atoms with E-state index in [9.17, 15) is 0 Å². The Labute approximate surface area is 99.5 Å². The van der Waals surface area contributed by atoms with E-state index in [0.29, 0.717) is 5.15 Å². The molecule has 2 aromatic heterocycles. The molecule has 1 aromatic carbocycles. The third-order valence-electron chi connectivity index (χ3n) is 2.22. The molecule has 0 fully saturated rings. The first-order valence-corrected chi connectivity index (χ1v) is 5.92. The number of benzene rings is 1. The highest BCUT2D eigenvalue weighted by Crippen LogP contribution is 2.28. The molecule has 74 valence electrons. The zero-order chi connectivity index (χ0) is 10.4. The lowest BCUT2D eigenvalue weighted by Gasteiger charge is -2.00. The molecule has 0 aliphatic heterocycles. The number of fused-ring (bicyclic) bond motifs is 2. The van der Waals surface area contributed by atoms with Crippen molar-refractivity contribution in [2.75, 3.05) is 0 Å². The van der Waals surface area contributed by atoms with E-state index < -0.39 is 0 Å². The summed E-state index contributed by atoms with van der Waals surface area (Å²) in [4.78, 5) is 8.06. The van der Waals surface area contributed by atoms with Crippen molar-refractivity contribution in [3.8, 4) is 0 Å². The van der Waals surface area contributed by atoms with Crippen molar-refractivity contribution in [3.05, 3.63) is 33.3 Å². The maximum atomic E-state index is 6.00. The molecule has 0 saturated carbocycles. The smallest absolute Gasteiger partial charge is 0.218 e. The average molecular weight is 255 g/mol. The maximum absolute atomic E-state index is 6.00. The van der Waals surface area contributed by atoms with Gasteiger partial charge >= 0.3 is 0 Å². The first-order chi connectivity index (χ1) is 7.24. The predicted molar refractivity (Wildman–Crippen MR) is 64.9 cm³/mol. The Balaban J connectivity index is 2.54. The largest absolute Gasteiger partial charge is 0.224 e. The van der Waals surface area contributed by atoms with Crippen LogP contribution in [-0.2, 0) is 0 Å². The lowest BCUT2D eigenvalue weighted by atomic mass is 10.1. The Morgan fingerprint density at radius 2 is 1.73 bits per heavy atom. The summed E-state index contributed by atoms with van der Waals surface area (Å²) in [6.07, 6.45) is 0. The molecule has 2 heterocycles. The van der Waals surface area contributed by atoms with Gasteiger partial charge in [-0.2, -0.15) is 11.3 Å². The van der Waals surface area contributed by atoms with Gasteiger partial charge in [-0.25, -0.2) is 9.97 Å². The summed E-state index contributed by atoms with van der Waals surface area (Å²) in [5.74, 6) is 0. The van der Waals surface area contributed by atoms with Gasteiger partial charge in [-0.1, -0.05) is 11.6 Å². The summed E-state index contributed by atoms with van der Waals surface area (Å²) < 4.78 is 0. The monoisotopic (exact) mass is 254 g/mol. The molecule has 0 unspecified atom stereocenters. The molecule has 0 aliphatic carbocycles. The van der Waals surface area contributed by atoms with E-state index in [2.05, 4.69) is 20.7 Å². The summed E-state index contributed by atoms with van der Waals surface area (Å²) in [5.41, 5.74) is 0.783. The van der Waals surface area contributed by atoms with Crippen LogP contribution in [0.1, 0.15) is 0 Å². The number of thiophene rings is 1. The number of nitrogens with zero attached hydrogens (tertiary/aromatic N) is 2. The first kappa shape index (κ1) is 9.33. The number of hydrogen-bond acceptors (Lipinski definition) is 3. The minimum Gasteiger partial charge on any atom is -0.218 e. The van der Waals surface area contributed by atoms with Crippen LogP contribution in [0, 0.1) is 0 Å². The Morgan fingerprint density at radius 1 is 1.00 bits per heavy atom. The second-order valence-electron chi connectivity index (χ2n) is 3.15. The molecule has 15 heavy (non-hydrogen) atoms. The van der Waals surface area contributed by atoms with Crippen LogP contribution in [0.3, 0.4) is 0 Å². The number of rotatable bonds is 0. The van der Waals surface area contributed by atoms with Crippen LogP contribution >= 0.6 is 34.5 Å². The molecule has 0 spiro atoms. The minimum absolute atomic E-state index is 0.182. The van der Waals surface area contributed by atoms with Crippen molar-refractivity contribution in [1.82, 2.24) is 9.97 Å². The molecule has 3 rings (SSSR count). The van der Waals surface area contributed by atoms with Crippen molar-refractivity contribution in [3.63, 3.8) is 0 Å². The molecule has 0 N–H and O–H groups in total. The van der Waals surface area contributed by atoms with Gasteiger partial charge in [0, 0.05) is 5.39 Å². The van der Waals surface area contributed by atoms with Gasteiger partial charge < -0.3 is 0 Å². The number of halogens is 2.